The Labute approximate surface area is 183 Å². The molecule has 0 radical (unpaired) electrons. The molecule has 2 aromatic carbocycles. The Morgan fingerprint density at radius 3 is 2.47 bits per heavy atom. The average molecular weight is 422 g/mol. The van der Waals surface area contributed by atoms with Gasteiger partial charge >= 0.3 is 0 Å². The van der Waals surface area contributed by atoms with Crippen molar-refractivity contribution in [1.29, 1.82) is 0 Å². The SMILES string of the molecule is CCOc1ccc(-c2ncc(-c3cccc(C4CCNCC4)c3CC)cn2)cc1Cl. The maximum absolute atomic E-state index is 6.33. The lowest BCUT2D eigenvalue weighted by Gasteiger charge is -2.26. The highest BCUT2D eigenvalue weighted by Crippen LogP contribution is 2.35. The third-order valence-corrected chi connectivity index (χ3v) is 6.09. The van der Waals surface area contributed by atoms with Crippen LogP contribution in [0.3, 0.4) is 0 Å². The molecule has 0 atom stereocenters. The van der Waals surface area contributed by atoms with Gasteiger partial charge in [-0.25, -0.2) is 9.97 Å². The fraction of sp³-hybridized carbons (Fsp3) is 0.360. The second-order valence-electron chi connectivity index (χ2n) is 7.62. The van der Waals surface area contributed by atoms with Crippen molar-refractivity contribution in [2.75, 3.05) is 19.7 Å². The molecule has 4 rings (SSSR count). The summed E-state index contributed by atoms with van der Waals surface area (Å²) in [5, 5.41) is 4.04. The Kier molecular flexibility index (Phi) is 6.66. The van der Waals surface area contributed by atoms with Crippen LogP contribution in [0.1, 0.15) is 43.7 Å². The summed E-state index contributed by atoms with van der Waals surface area (Å²) in [7, 11) is 0. The molecule has 1 aliphatic heterocycles. The second-order valence-corrected chi connectivity index (χ2v) is 8.03. The molecule has 0 spiro atoms. The molecule has 1 fully saturated rings. The van der Waals surface area contributed by atoms with Crippen LogP contribution >= 0.6 is 11.6 Å². The number of ether oxygens (including phenoxy) is 1. The zero-order valence-electron chi connectivity index (χ0n) is 17.6. The normalized spacial score (nSPS) is 14.6. The molecule has 1 aliphatic rings. The molecule has 0 bridgehead atoms. The first-order valence-corrected chi connectivity index (χ1v) is 11.2. The summed E-state index contributed by atoms with van der Waals surface area (Å²) in [5.74, 6) is 1.98. The van der Waals surface area contributed by atoms with E-state index in [0.717, 1.165) is 30.6 Å². The van der Waals surface area contributed by atoms with Gasteiger partial charge in [0.15, 0.2) is 5.82 Å². The van der Waals surface area contributed by atoms with Gasteiger partial charge in [0, 0.05) is 23.5 Å². The Hall–Kier alpha value is -2.43. The summed E-state index contributed by atoms with van der Waals surface area (Å²) in [6.45, 7) is 6.96. The van der Waals surface area contributed by atoms with E-state index in [1.54, 1.807) is 0 Å². The maximum Gasteiger partial charge on any atom is 0.159 e. The Bertz CT molecular complexity index is 998. The third-order valence-electron chi connectivity index (χ3n) is 5.80. The molecule has 3 aromatic rings. The van der Waals surface area contributed by atoms with Gasteiger partial charge in [-0.1, -0.05) is 36.7 Å². The lowest BCUT2D eigenvalue weighted by molar-refractivity contribution is 0.340. The predicted octanol–water partition coefficient (Wildman–Crippen LogP) is 5.89. The number of rotatable bonds is 6. The first-order chi connectivity index (χ1) is 14.7. The average Bonchev–Trinajstić information content (AvgIpc) is 2.80. The van der Waals surface area contributed by atoms with Crippen LogP contribution in [0.25, 0.3) is 22.5 Å². The van der Waals surface area contributed by atoms with Crippen molar-refractivity contribution in [3.05, 3.63) is 64.9 Å². The molecule has 156 valence electrons. The van der Waals surface area contributed by atoms with Crippen molar-refractivity contribution in [3.8, 4) is 28.3 Å². The largest absolute Gasteiger partial charge is 0.492 e. The molecule has 5 heteroatoms. The van der Waals surface area contributed by atoms with Crippen molar-refractivity contribution in [2.24, 2.45) is 0 Å². The van der Waals surface area contributed by atoms with Crippen LogP contribution in [0.2, 0.25) is 5.02 Å². The first-order valence-electron chi connectivity index (χ1n) is 10.8. The number of piperidine rings is 1. The zero-order chi connectivity index (χ0) is 20.9. The van der Waals surface area contributed by atoms with E-state index >= 15 is 0 Å². The summed E-state index contributed by atoms with van der Waals surface area (Å²) in [6, 6.07) is 12.3. The highest BCUT2D eigenvalue weighted by Gasteiger charge is 2.20. The summed E-state index contributed by atoms with van der Waals surface area (Å²) < 4.78 is 5.51. The van der Waals surface area contributed by atoms with Crippen molar-refractivity contribution in [2.45, 2.75) is 39.0 Å². The molecule has 1 saturated heterocycles. The summed E-state index contributed by atoms with van der Waals surface area (Å²) >= 11 is 6.33. The molecular formula is C25H28ClN3O. The lowest BCUT2D eigenvalue weighted by atomic mass is 9.83. The van der Waals surface area contributed by atoms with Gasteiger partial charge in [-0.3, -0.25) is 0 Å². The van der Waals surface area contributed by atoms with Gasteiger partial charge in [-0.15, -0.1) is 0 Å². The van der Waals surface area contributed by atoms with Crippen molar-refractivity contribution < 1.29 is 4.74 Å². The monoisotopic (exact) mass is 421 g/mol. The van der Waals surface area contributed by atoms with E-state index < -0.39 is 0 Å². The molecule has 0 aliphatic carbocycles. The number of nitrogens with zero attached hydrogens (tertiary/aromatic N) is 2. The smallest absolute Gasteiger partial charge is 0.159 e. The number of aromatic nitrogens is 2. The molecule has 0 unspecified atom stereocenters. The molecule has 4 nitrogen and oxygen atoms in total. The van der Waals surface area contributed by atoms with Gasteiger partial charge in [0.2, 0.25) is 0 Å². The second kappa shape index (κ2) is 9.59. The number of nitrogens with one attached hydrogen (secondary N) is 1. The van der Waals surface area contributed by atoms with Gasteiger partial charge in [0.25, 0.3) is 0 Å². The van der Waals surface area contributed by atoms with Crippen LogP contribution in [0, 0.1) is 0 Å². The minimum absolute atomic E-state index is 0.574. The lowest BCUT2D eigenvalue weighted by Crippen LogP contribution is -2.27. The quantitative estimate of drug-likeness (QED) is 0.538. The van der Waals surface area contributed by atoms with E-state index in [4.69, 9.17) is 16.3 Å². The highest BCUT2D eigenvalue weighted by atomic mass is 35.5. The van der Waals surface area contributed by atoms with Gasteiger partial charge in [0.1, 0.15) is 5.75 Å². The molecule has 0 amide bonds. The number of benzene rings is 2. The topological polar surface area (TPSA) is 47.0 Å². The number of halogens is 1. The van der Waals surface area contributed by atoms with Crippen LogP contribution in [-0.2, 0) is 6.42 Å². The molecule has 1 aromatic heterocycles. The minimum Gasteiger partial charge on any atom is -0.492 e. The van der Waals surface area contributed by atoms with Crippen LogP contribution in [0.4, 0.5) is 0 Å². The fourth-order valence-corrected chi connectivity index (χ4v) is 4.55. The third kappa shape index (κ3) is 4.35. The summed E-state index contributed by atoms with van der Waals surface area (Å²) in [5.41, 5.74) is 6.09. The Morgan fingerprint density at radius 1 is 1.03 bits per heavy atom. The highest BCUT2D eigenvalue weighted by molar-refractivity contribution is 6.32. The van der Waals surface area contributed by atoms with Crippen LogP contribution in [0.5, 0.6) is 5.75 Å². The van der Waals surface area contributed by atoms with Crippen molar-refractivity contribution in [3.63, 3.8) is 0 Å². The summed E-state index contributed by atoms with van der Waals surface area (Å²) in [4.78, 5) is 9.28. The Morgan fingerprint density at radius 2 is 1.80 bits per heavy atom. The van der Waals surface area contributed by atoms with Crippen LogP contribution < -0.4 is 10.1 Å². The molecule has 1 N–H and O–H groups in total. The van der Waals surface area contributed by atoms with E-state index in [9.17, 15) is 0 Å². The Balaban J connectivity index is 1.63. The van der Waals surface area contributed by atoms with E-state index in [1.165, 1.54) is 29.5 Å². The standard InChI is InChI=1S/C25H28ClN3O/c1-3-20-21(17-10-12-27-13-11-17)6-5-7-22(20)19-15-28-25(29-16-19)18-8-9-24(30-4-2)23(26)14-18/h5-9,14-17,27H,3-4,10-13H2,1-2H3. The van der Waals surface area contributed by atoms with Crippen LogP contribution in [0.15, 0.2) is 48.8 Å². The van der Waals surface area contributed by atoms with Crippen molar-refractivity contribution in [1.82, 2.24) is 15.3 Å². The van der Waals surface area contributed by atoms with Crippen molar-refractivity contribution >= 4 is 11.6 Å². The number of hydrogen-bond acceptors (Lipinski definition) is 4. The first kappa shape index (κ1) is 20.8. The minimum atomic E-state index is 0.574. The molecule has 0 saturated carbocycles. The van der Waals surface area contributed by atoms with E-state index in [2.05, 4.69) is 40.4 Å². The van der Waals surface area contributed by atoms with Gasteiger partial charge in [-0.2, -0.15) is 0 Å². The fourth-order valence-electron chi connectivity index (χ4n) is 4.31. The molecular weight excluding hydrogens is 394 g/mol. The summed E-state index contributed by atoms with van der Waals surface area (Å²) in [6.07, 6.45) is 7.25. The molecule has 30 heavy (non-hydrogen) atoms. The van der Waals surface area contributed by atoms with Gasteiger partial charge in [0.05, 0.1) is 11.6 Å². The van der Waals surface area contributed by atoms with E-state index in [0.29, 0.717) is 29.1 Å². The van der Waals surface area contributed by atoms with E-state index in [-0.39, 0.29) is 0 Å². The van der Waals surface area contributed by atoms with Gasteiger partial charge < -0.3 is 10.1 Å². The number of hydrogen-bond donors (Lipinski definition) is 1. The predicted molar refractivity (Wildman–Crippen MR) is 123 cm³/mol. The molecule has 2 heterocycles. The van der Waals surface area contributed by atoms with Gasteiger partial charge in [-0.05, 0) is 80.1 Å². The zero-order valence-corrected chi connectivity index (χ0v) is 18.4. The van der Waals surface area contributed by atoms with Crippen LogP contribution in [-0.4, -0.2) is 29.7 Å². The van der Waals surface area contributed by atoms with E-state index in [1.807, 2.05) is 37.5 Å². The maximum atomic E-state index is 6.33.